The van der Waals surface area contributed by atoms with Crippen LogP contribution in [0.2, 0.25) is 0 Å². The second kappa shape index (κ2) is 6.58. The van der Waals surface area contributed by atoms with Crippen LogP contribution < -0.4 is 0 Å². The second-order valence-corrected chi connectivity index (χ2v) is 2.40. The zero-order valence-corrected chi connectivity index (χ0v) is 7.71. The lowest BCUT2D eigenvalue weighted by Gasteiger charge is -2.21. The topological polar surface area (TPSA) is 32.7 Å². The fraction of sp³-hybridized carbons (Fsp3) is 1.00. The Labute approximate surface area is 69.0 Å². The molecular formula is C8H19NO2. The number of rotatable bonds is 6. The van der Waals surface area contributed by atoms with Crippen molar-refractivity contribution in [2.24, 2.45) is 0 Å². The van der Waals surface area contributed by atoms with E-state index in [0.29, 0.717) is 13.2 Å². The predicted octanol–water partition coefficient (Wildman–Crippen LogP) is 0.683. The number of aliphatic hydroxyl groups is 1. The molecule has 1 atom stereocenters. The van der Waals surface area contributed by atoms with Gasteiger partial charge in [0.15, 0.2) is 6.29 Å². The van der Waals surface area contributed by atoms with Gasteiger partial charge in [-0.15, -0.1) is 0 Å². The highest BCUT2D eigenvalue weighted by molar-refractivity contribution is 4.53. The van der Waals surface area contributed by atoms with E-state index < -0.39 is 6.29 Å². The molecule has 0 fully saturated rings. The maximum Gasteiger partial charge on any atom is 0.167 e. The molecule has 0 aliphatic heterocycles. The molecule has 11 heavy (non-hydrogen) atoms. The van der Waals surface area contributed by atoms with Crippen molar-refractivity contribution in [3.8, 4) is 0 Å². The van der Waals surface area contributed by atoms with Crippen molar-refractivity contribution in [3.05, 3.63) is 0 Å². The summed E-state index contributed by atoms with van der Waals surface area (Å²) in [7, 11) is 0. The van der Waals surface area contributed by atoms with Crippen molar-refractivity contribution in [1.29, 1.82) is 0 Å². The Bertz CT molecular complexity index is 84.2. The Kier molecular flexibility index (Phi) is 6.51. The SMILES string of the molecule is CCOC(O)CN(CC)CC. The molecule has 0 radical (unpaired) electrons. The van der Waals surface area contributed by atoms with Crippen LogP contribution in [-0.2, 0) is 4.74 Å². The van der Waals surface area contributed by atoms with Crippen molar-refractivity contribution < 1.29 is 9.84 Å². The second-order valence-electron chi connectivity index (χ2n) is 2.40. The van der Waals surface area contributed by atoms with Gasteiger partial charge < -0.3 is 9.84 Å². The molecule has 0 aliphatic carbocycles. The summed E-state index contributed by atoms with van der Waals surface area (Å²) >= 11 is 0. The van der Waals surface area contributed by atoms with Crippen LogP contribution in [0, 0.1) is 0 Å². The highest BCUT2D eigenvalue weighted by Crippen LogP contribution is 1.93. The van der Waals surface area contributed by atoms with Crippen LogP contribution >= 0.6 is 0 Å². The lowest BCUT2D eigenvalue weighted by Crippen LogP contribution is -2.33. The summed E-state index contributed by atoms with van der Waals surface area (Å²) in [6.07, 6.45) is -0.625. The number of hydrogen-bond acceptors (Lipinski definition) is 3. The number of nitrogens with zero attached hydrogens (tertiary/aromatic N) is 1. The summed E-state index contributed by atoms with van der Waals surface area (Å²) in [5.41, 5.74) is 0. The Hall–Kier alpha value is -0.120. The maximum absolute atomic E-state index is 9.22. The molecule has 0 heterocycles. The minimum Gasteiger partial charge on any atom is -0.367 e. The molecule has 68 valence electrons. The van der Waals surface area contributed by atoms with Gasteiger partial charge >= 0.3 is 0 Å². The molecular weight excluding hydrogens is 142 g/mol. The average molecular weight is 161 g/mol. The van der Waals surface area contributed by atoms with Gasteiger partial charge in [0.1, 0.15) is 0 Å². The van der Waals surface area contributed by atoms with Crippen LogP contribution in [0.1, 0.15) is 20.8 Å². The molecule has 0 bridgehead atoms. The number of aliphatic hydroxyl groups excluding tert-OH is 1. The van der Waals surface area contributed by atoms with Crippen molar-refractivity contribution in [2.45, 2.75) is 27.1 Å². The molecule has 0 rings (SSSR count). The fourth-order valence-electron chi connectivity index (χ4n) is 0.948. The fourth-order valence-corrected chi connectivity index (χ4v) is 0.948. The highest BCUT2D eigenvalue weighted by Gasteiger charge is 2.06. The Balaban J connectivity index is 3.44. The molecule has 0 aliphatic rings. The minimum atomic E-state index is -0.625. The lowest BCUT2D eigenvalue weighted by atomic mass is 10.4. The molecule has 1 unspecified atom stereocenters. The van der Waals surface area contributed by atoms with Crippen LogP contribution in [0.25, 0.3) is 0 Å². The molecule has 0 amide bonds. The zero-order valence-electron chi connectivity index (χ0n) is 7.71. The van der Waals surface area contributed by atoms with E-state index in [0.717, 1.165) is 13.1 Å². The van der Waals surface area contributed by atoms with Gasteiger partial charge in [-0.05, 0) is 20.0 Å². The van der Waals surface area contributed by atoms with Gasteiger partial charge in [0.2, 0.25) is 0 Å². The number of likely N-dealkylation sites (N-methyl/N-ethyl adjacent to an activating group) is 1. The third-order valence-electron chi connectivity index (χ3n) is 1.67. The van der Waals surface area contributed by atoms with Gasteiger partial charge in [-0.3, -0.25) is 4.90 Å². The van der Waals surface area contributed by atoms with Crippen LogP contribution in [0.4, 0.5) is 0 Å². The Morgan fingerprint density at radius 3 is 2.18 bits per heavy atom. The molecule has 0 aromatic carbocycles. The molecule has 3 nitrogen and oxygen atoms in total. The first-order valence-electron chi connectivity index (χ1n) is 4.26. The first-order chi connectivity index (χ1) is 5.24. The van der Waals surface area contributed by atoms with Gasteiger partial charge in [0.05, 0.1) is 0 Å². The summed E-state index contributed by atoms with van der Waals surface area (Å²) in [6.45, 7) is 9.13. The van der Waals surface area contributed by atoms with Crippen LogP contribution in [0.15, 0.2) is 0 Å². The van der Waals surface area contributed by atoms with Crippen LogP contribution in [0.3, 0.4) is 0 Å². The molecule has 1 N–H and O–H groups in total. The Morgan fingerprint density at radius 2 is 1.82 bits per heavy atom. The van der Waals surface area contributed by atoms with Crippen molar-refractivity contribution >= 4 is 0 Å². The molecule has 0 aromatic rings. The maximum atomic E-state index is 9.22. The van der Waals surface area contributed by atoms with E-state index >= 15 is 0 Å². The summed E-state index contributed by atoms with van der Waals surface area (Å²) in [5.74, 6) is 0. The smallest absolute Gasteiger partial charge is 0.167 e. The van der Waals surface area contributed by atoms with E-state index in [1.807, 2.05) is 6.92 Å². The molecule has 0 spiro atoms. The van der Waals surface area contributed by atoms with Crippen molar-refractivity contribution in [3.63, 3.8) is 0 Å². The van der Waals surface area contributed by atoms with E-state index in [9.17, 15) is 5.11 Å². The minimum absolute atomic E-state index is 0.572. The van der Waals surface area contributed by atoms with Gasteiger partial charge in [-0.1, -0.05) is 13.8 Å². The van der Waals surface area contributed by atoms with E-state index in [2.05, 4.69) is 18.7 Å². The summed E-state index contributed by atoms with van der Waals surface area (Å²) < 4.78 is 4.99. The first-order valence-corrected chi connectivity index (χ1v) is 4.26. The monoisotopic (exact) mass is 161 g/mol. The van der Waals surface area contributed by atoms with Gasteiger partial charge in [-0.2, -0.15) is 0 Å². The normalized spacial score (nSPS) is 13.9. The van der Waals surface area contributed by atoms with Crippen molar-refractivity contribution in [1.82, 2.24) is 4.90 Å². The van der Waals surface area contributed by atoms with Crippen LogP contribution in [0.5, 0.6) is 0 Å². The van der Waals surface area contributed by atoms with E-state index in [-0.39, 0.29) is 0 Å². The number of hydrogen-bond donors (Lipinski definition) is 1. The standard InChI is InChI=1S/C8H19NO2/c1-4-9(5-2)7-8(10)11-6-3/h8,10H,4-7H2,1-3H3. The Morgan fingerprint density at radius 1 is 1.27 bits per heavy atom. The van der Waals surface area contributed by atoms with Crippen LogP contribution in [-0.4, -0.2) is 42.5 Å². The highest BCUT2D eigenvalue weighted by atomic mass is 16.6. The molecule has 0 aromatic heterocycles. The van der Waals surface area contributed by atoms with E-state index in [4.69, 9.17) is 4.74 Å². The summed E-state index contributed by atoms with van der Waals surface area (Å²) in [5, 5.41) is 9.22. The predicted molar refractivity (Wildman–Crippen MR) is 45.4 cm³/mol. The van der Waals surface area contributed by atoms with E-state index in [1.165, 1.54) is 0 Å². The molecule has 3 heteroatoms. The quantitative estimate of drug-likeness (QED) is 0.582. The number of ether oxygens (including phenoxy) is 1. The largest absolute Gasteiger partial charge is 0.367 e. The summed E-state index contributed by atoms with van der Waals surface area (Å²) in [6, 6.07) is 0. The molecule has 0 saturated heterocycles. The molecule has 0 saturated carbocycles. The van der Waals surface area contributed by atoms with Gasteiger partial charge in [-0.25, -0.2) is 0 Å². The zero-order chi connectivity index (χ0) is 8.69. The summed E-state index contributed by atoms with van der Waals surface area (Å²) in [4.78, 5) is 2.13. The third kappa shape index (κ3) is 5.18. The third-order valence-corrected chi connectivity index (χ3v) is 1.67. The van der Waals surface area contributed by atoms with E-state index in [1.54, 1.807) is 0 Å². The first kappa shape index (κ1) is 10.9. The van der Waals surface area contributed by atoms with Crippen molar-refractivity contribution in [2.75, 3.05) is 26.2 Å². The average Bonchev–Trinajstić information content (AvgIpc) is 2.01. The lowest BCUT2D eigenvalue weighted by molar-refractivity contribution is -0.108. The van der Waals surface area contributed by atoms with Gasteiger partial charge in [0.25, 0.3) is 0 Å². The van der Waals surface area contributed by atoms with Gasteiger partial charge in [0, 0.05) is 13.2 Å².